The molecular weight excluding hydrogens is 372 g/mol. The second-order valence-corrected chi connectivity index (χ2v) is 8.01. The fourth-order valence-electron chi connectivity index (χ4n) is 2.38. The first-order valence-electron chi connectivity index (χ1n) is 9.01. The molecule has 28 heavy (non-hydrogen) atoms. The largest absolute Gasteiger partial charge is 0.489 e. The summed E-state index contributed by atoms with van der Waals surface area (Å²) in [5.41, 5.74) is -0.223. The number of hydrogen-bond acceptors (Lipinski definition) is 3. The molecule has 146 valence electrons. The summed E-state index contributed by atoms with van der Waals surface area (Å²) in [7, 11) is 0. The number of halogens is 1. The maximum absolute atomic E-state index is 12.4. The molecule has 0 saturated carbocycles. The molecule has 0 amide bonds. The van der Waals surface area contributed by atoms with Crippen LogP contribution in [0, 0.1) is 17.8 Å². The van der Waals surface area contributed by atoms with Crippen LogP contribution < -0.4 is 4.74 Å². The first-order valence-corrected chi connectivity index (χ1v) is 9.39. The fourth-order valence-corrected chi connectivity index (χ4v) is 2.51. The molecule has 0 saturated heterocycles. The van der Waals surface area contributed by atoms with Crippen LogP contribution in [-0.4, -0.2) is 12.6 Å². The Hall–Kier alpha value is -2.70. The van der Waals surface area contributed by atoms with Gasteiger partial charge in [-0.25, -0.2) is 0 Å². The Balaban J connectivity index is 2.15. The van der Waals surface area contributed by atoms with Gasteiger partial charge >= 0.3 is 5.97 Å². The van der Waals surface area contributed by atoms with Crippen molar-refractivity contribution in [3.63, 3.8) is 0 Å². The summed E-state index contributed by atoms with van der Waals surface area (Å²) in [6.07, 6.45) is 9.58. The summed E-state index contributed by atoms with van der Waals surface area (Å²) in [5.74, 6) is 2.81. The van der Waals surface area contributed by atoms with Crippen molar-refractivity contribution < 1.29 is 14.3 Å². The van der Waals surface area contributed by atoms with Crippen molar-refractivity contribution in [1.29, 1.82) is 0 Å². The molecule has 0 aliphatic heterocycles. The summed E-state index contributed by atoms with van der Waals surface area (Å²) in [6, 6.07) is 14.8. The van der Waals surface area contributed by atoms with Crippen molar-refractivity contribution in [1.82, 2.24) is 0 Å². The van der Waals surface area contributed by atoms with Gasteiger partial charge in [0.2, 0.25) is 0 Å². The molecule has 3 nitrogen and oxygen atoms in total. The number of terminal acetylenes is 1. The van der Waals surface area contributed by atoms with E-state index in [0.717, 1.165) is 5.56 Å². The first-order chi connectivity index (χ1) is 13.2. The molecule has 0 spiro atoms. The van der Waals surface area contributed by atoms with E-state index in [1.165, 1.54) is 0 Å². The monoisotopic (exact) mass is 396 g/mol. The molecule has 0 bridgehead atoms. The van der Waals surface area contributed by atoms with Gasteiger partial charge in [0.25, 0.3) is 0 Å². The predicted molar refractivity (Wildman–Crippen MR) is 114 cm³/mol. The quantitative estimate of drug-likeness (QED) is 0.452. The highest BCUT2D eigenvalue weighted by molar-refractivity contribution is 6.30. The predicted octanol–water partition coefficient (Wildman–Crippen LogP) is 5.87. The molecule has 0 aliphatic rings. The van der Waals surface area contributed by atoms with E-state index in [4.69, 9.17) is 27.5 Å². The molecular formula is C24H25ClO3. The van der Waals surface area contributed by atoms with Gasteiger partial charge in [-0.05, 0) is 57.5 Å². The molecule has 0 fully saturated rings. The van der Waals surface area contributed by atoms with Crippen molar-refractivity contribution in [2.45, 2.75) is 33.3 Å². The molecule has 1 unspecified atom stereocenters. The number of rotatable bonds is 6. The van der Waals surface area contributed by atoms with Gasteiger partial charge in [-0.2, -0.15) is 0 Å². The van der Waals surface area contributed by atoms with Crippen LogP contribution in [0.4, 0.5) is 0 Å². The number of ether oxygens (including phenoxy) is 2. The van der Waals surface area contributed by atoms with E-state index in [9.17, 15) is 4.79 Å². The average Bonchev–Trinajstić information content (AvgIpc) is 2.66. The average molecular weight is 397 g/mol. The van der Waals surface area contributed by atoms with Gasteiger partial charge in [-0.1, -0.05) is 53.9 Å². The molecule has 4 heteroatoms. The number of carbonyl (C=O) groups is 1. The van der Waals surface area contributed by atoms with Crippen LogP contribution >= 0.6 is 11.6 Å². The van der Waals surface area contributed by atoms with Gasteiger partial charge in [0.05, 0.1) is 5.41 Å². The van der Waals surface area contributed by atoms with Gasteiger partial charge in [-0.15, -0.1) is 6.42 Å². The van der Waals surface area contributed by atoms with Crippen LogP contribution in [-0.2, 0) is 15.1 Å². The van der Waals surface area contributed by atoms with Gasteiger partial charge in [0.1, 0.15) is 12.4 Å². The van der Waals surface area contributed by atoms with E-state index in [-0.39, 0.29) is 5.97 Å². The highest BCUT2D eigenvalue weighted by Crippen LogP contribution is 2.34. The molecule has 0 aliphatic carbocycles. The fraction of sp³-hybridized carbons (Fsp3) is 0.292. The van der Waals surface area contributed by atoms with E-state index >= 15 is 0 Å². The molecule has 1 atom stereocenters. The molecule has 0 radical (unpaired) electrons. The van der Waals surface area contributed by atoms with Crippen LogP contribution in [0.5, 0.6) is 5.75 Å². The number of para-hydroxylation sites is 1. The number of esters is 1. The normalized spacial score (nSPS) is 13.6. The lowest BCUT2D eigenvalue weighted by atomic mass is 9.93. The molecule has 0 heterocycles. The zero-order valence-corrected chi connectivity index (χ0v) is 17.4. The van der Waals surface area contributed by atoms with E-state index in [2.05, 4.69) is 5.92 Å². The Kier molecular flexibility index (Phi) is 6.94. The number of benzene rings is 2. The standard InChI is InChI=1S/C24H25ClO3/c1-6-24(5,28-22(26)23(2,3)4)20-11-7-8-12-21(20)27-17-9-10-18-13-15-19(25)16-14-18/h1,7-16H,17H2,2-5H3/b10-9+. The van der Waals surface area contributed by atoms with Crippen molar-refractivity contribution in [2.75, 3.05) is 6.61 Å². The maximum atomic E-state index is 12.4. The lowest BCUT2D eigenvalue weighted by Crippen LogP contribution is -2.34. The van der Waals surface area contributed by atoms with Crippen LogP contribution in [0.15, 0.2) is 54.6 Å². The van der Waals surface area contributed by atoms with Crippen LogP contribution in [0.1, 0.15) is 38.8 Å². The number of hydrogen-bond donors (Lipinski definition) is 0. The third kappa shape index (κ3) is 5.65. The Morgan fingerprint density at radius 2 is 1.75 bits per heavy atom. The summed E-state index contributed by atoms with van der Waals surface area (Å²) in [6.45, 7) is 7.40. The minimum atomic E-state index is -1.22. The summed E-state index contributed by atoms with van der Waals surface area (Å²) in [5, 5.41) is 0.695. The lowest BCUT2D eigenvalue weighted by molar-refractivity contribution is -0.163. The van der Waals surface area contributed by atoms with Crippen LogP contribution in [0.25, 0.3) is 6.08 Å². The third-order valence-corrected chi connectivity index (χ3v) is 4.35. The van der Waals surface area contributed by atoms with Crippen molar-refractivity contribution in [3.8, 4) is 18.1 Å². The van der Waals surface area contributed by atoms with Crippen LogP contribution in [0.3, 0.4) is 0 Å². The Morgan fingerprint density at radius 1 is 1.11 bits per heavy atom. The second kappa shape index (κ2) is 8.99. The molecule has 2 aromatic rings. The van der Waals surface area contributed by atoms with Gasteiger partial charge < -0.3 is 9.47 Å². The smallest absolute Gasteiger partial charge is 0.313 e. The third-order valence-electron chi connectivity index (χ3n) is 4.10. The first kappa shape index (κ1) is 21.6. The van der Waals surface area contributed by atoms with E-state index in [1.54, 1.807) is 27.7 Å². The van der Waals surface area contributed by atoms with Crippen molar-refractivity contribution >= 4 is 23.6 Å². The number of carbonyl (C=O) groups excluding carboxylic acids is 1. The zero-order valence-electron chi connectivity index (χ0n) is 16.7. The van der Waals surface area contributed by atoms with Crippen LogP contribution in [0.2, 0.25) is 5.02 Å². The topological polar surface area (TPSA) is 35.5 Å². The molecule has 2 rings (SSSR count). The SMILES string of the molecule is C#CC(C)(OC(=O)C(C)(C)C)c1ccccc1OC/C=C/c1ccc(Cl)cc1. The van der Waals surface area contributed by atoms with Crippen molar-refractivity contribution in [3.05, 3.63) is 70.8 Å². The lowest BCUT2D eigenvalue weighted by Gasteiger charge is -2.29. The molecule has 0 aromatic heterocycles. The summed E-state index contributed by atoms with van der Waals surface area (Å²) in [4.78, 5) is 12.4. The van der Waals surface area contributed by atoms with Gasteiger partial charge in [-0.3, -0.25) is 4.79 Å². The highest BCUT2D eigenvalue weighted by Gasteiger charge is 2.35. The maximum Gasteiger partial charge on any atom is 0.313 e. The Labute approximate surface area is 172 Å². The van der Waals surface area contributed by atoms with Gasteiger partial charge in [0, 0.05) is 10.6 Å². The minimum absolute atomic E-state index is 0.341. The summed E-state index contributed by atoms with van der Waals surface area (Å²) < 4.78 is 11.6. The Bertz CT molecular complexity index is 885. The minimum Gasteiger partial charge on any atom is -0.489 e. The van der Waals surface area contributed by atoms with E-state index in [0.29, 0.717) is 22.9 Å². The molecule has 0 N–H and O–H groups in total. The molecule has 2 aromatic carbocycles. The van der Waals surface area contributed by atoms with Crippen molar-refractivity contribution in [2.24, 2.45) is 5.41 Å². The van der Waals surface area contributed by atoms with E-state index in [1.807, 2.05) is 60.7 Å². The summed E-state index contributed by atoms with van der Waals surface area (Å²) >= 11 is 5.89. The zero-order chi connectivity index (χ0) is 20.8. The van der Waals surface area contributed by atoms with Gasteiger partial charge in [0.15, 0.2) is 5.60 Å². The Morgan fingerprint density at radius 3 is 2.36 bits per heavy atom. The second-order valence-electron chi connectivity index (χ2n) is 7.58. The highest BCUT2D eigenvalue weighted by atomic mass is 35.5. The van der Waals surface area contributed by atoms with E-state index < -0.39 is 11.0 Å².